The maximum atomic E-state index is 6.24. The molecule has 10 aromatic carbocycles. The highest BCUT2D eigenvalue weighted by molar-refractivity contribution is 5.90. The van der Waals surface area contributed by atoms with E-state index < -0.39 is 0 Å². The van der Waals surface area contributed by atoms with Gasteiger partial charge in [-0.25, -0.2) is 0 Å². The van der Waals surface area contributed by atoms with Crippen LogP contribution in [-0.2, 0) is 6.42 Å². The van der Waals surface area contributed by atoms with E-state index in [2.05, 4.69) is 244 Å². The molecule has 11 aromatic rings. The first kappa shape index (κ1) is 40.0. The summed E-state index contributed by atoms with van der Waals surface area (Å²) in [5.74, 6) is 0.969. The van der Waals surface area contributed by atoms with Crippen molar-refractivity contribution in [3.8, 4) is 22.9 Å². The van der Waals surface area contributed by atoms with Crippen molar-refractivity contribution in [1.29, 1.82) is 0 Å². The van der Waals surface area contributed by atoms with E-state index >= 15 is 0 Å². The Morgan fingerprint density at radius 1 is 0.318 bits per heavy atom. The Kier molecular flexibility index (Phi) is 11.0. The van der Waals surface area contributed by atoms with Crippen LogP contribution in [0.25, 0.3) is 56.6 Å². The minimum absolute atomic E-state index is 0.481. The zero-order valence-electron chi connectivity index (χ0n) is 36.2. The molecule has 0 saturated carbocycles. The minimum Gasteiger partial charge on any atom is -0.416 e. The van der Waals surface area contributed by atoms with Gasteiger partial charge in [0.25, 0.3) is 0 Å². The van der Waals surface area contributed by atoms with Crippen LogP contribution < -0.4 is 9.80 Å². The number of hydrogen-bond acceptors (Lipinski definition) is 5. The Balaban J connectivity index is 0.749. The fraction of sp³-hybridized carbons (Fsp3) is 0.0164. The van der Waals surface area contributed by atoms with Gasteiger partial charge in [-0.3, -0.25) is 0 Å². The Morgan fingerprint density at radius 2 is 0.682 bits per heavy atom. The maximum Gasteiger partial charge on any atom is 0.248 e. The van der Waals surface area contributed by atoms with Gasteiger partial charge in [0.15, 0.2) is 0 Å². The molecule has 66 heavy (non-hydrogen) atoms. The third-order valence-electron chi connectivity index (χ3n) is 12.0. The summed E-state index contributed by atoms with van der Waals surface area (Å²) in [6.07, 6.45) is 5.23. The molecule has 0 aliphatic rings. The molecule has 1 heterocycles. The number of nitrogens with zero attached hydrogens (tertiary/aromatic N) is 4. The zero-order valence-corrected chi connectivity index (χ0v) is 36.2. The number of benzene rings is 10. The molecule has 0 atom stereocenters. The van der Waals surface area contributed by atoms with Crippen LogP contribution in [0.5, 0.6) is 0 Å². The standard InChI is InChI=1S/C61H44N4O/c1-5-13-54(14-6-1)64(55-15-7-2-8-16-55)58-35-26-44(27-36-58)39-47-25-30-49-40-45(23-28-50(49)42-47)21-22-46-24-29-52-43-53(32-31-51(52)41-46)61-63-62-60(66-61)48-33-37-59(38-34-48)65(56-17-9-3-10-18-56)57-19-11-4-12-20-57/h1-38,40-43H,39H2/b22-21+. The van der Waals surface area contributed by atoms with Crippen LogP contribution in [0, 0.1) is 0 Å². The number of rotatable bonds is 12. The van der Waals surface area contributed by atoms with Gasteiger partial charge in [-0.15, -0.1) is 10.2 Å². The second-order valence-corrected chi connectivity index (χ2v) is 16.4. The minimum atomic E-state index is 0.481. The number of hydrogen-bond donors (Lipinski definition) is 0. The average Bonchev–Trinajstić information content (AvgIpc) is 3.88. The third kappa shape index (κ3) is 8.61. The molecule has 0 spiro atoms. The normalized spacial score (nSPS) is 11.3. The molecule has 0 aliphatic carbocycles. The molecule has 0 N–H and O–H groups in total. The van der Waals surface area contributed by atoms with Crippen molar-refractivity contribution in [3.05, 3.63) is 265 Å². The van der Waals surface area contributed by atoms with Gasteiger partial charge < -0.3 is 14.2 Å². The van der Waals surface area contributed by atoms with E-state index in [0.717, 1.165) is 73.6 Å². The molecule has 0 unspecified atom stereocenters. The van der Waals surface area contributed by atoms with Gasteiger partial charge in [0, 0.05) is 45.3 Å². The van der Waals surface area contributed by atoms with Gasteiger partial charge in [0.1, 0.15) is 0 Å². The highest BCUT2D eigenvalue weighted by atomic mass is 16.4. The van der Waals surface area contributed by atoms with Crippen molar-refractivity contribution in [1.82, 2.24) is 10.2 Å². The third-order valence-corrected chi connectivity index (χ3v) is 12.0. The Morgan fingerprint density at radius 3 is 1.18 bits per heavy atom. The fourth-order valence-corrected chi connectivity index (χ4v) is 8.63. The fourth-order valence-electron chi connectivity index (χ4n) is 8.63. The lowest BCUT2D eigenvalue weighted by Crippen LogP contribution is -2.09. The number of para-hydroxylation sites is 4. The van der Waals surface area contributed by atoms with Crippen molar-refractivity contribution in [2.75, 3.05) is 9.80 Å². The summed E-state index contributed by atoms with van der Waals surface area (Å²) in [5.41, 5.74) is 13.2. The SMILES string of the molecule is C(=C\c1ccc2cc(-c3nnc(-c4ccc(N(c5ccccc5)c5ccccc5)cc4)o3)ccc2c1)/c1ccc2cc(Cc3ccc(N(c4ccccc4)c4ccccc4)cc3)ccc2c1. The van der Waals surface area contributed by atoms with E-state index in [1.807, 2.05) is 30.3 Å². The lowest BCUT2D eigenvalue weighted by Gasteiger charge is -2.25. The van der Waals surface area contributed by atoms with Crippen LogP contribution in [0.15, 0.2) is 247 Å². The molecule has 314 valence electrons. The number of aromatic nitrogens is 2. The second-order valence-electron chi connectivity index (χ2n) is 16.4. The van der Waals surface area contributed by atoms with Gasteiger partial charge >= 0.3 is 0 Å². The van der Waals surface area contributed by atoms with Gasteiger partial charge in [-0.05, 0) is 159 Å². The van der Waals surface area contributed by atoms with Crippen LogP contribution in [-0.4, -0.2) is 10.2 Å². The van der Waals surface area contributed by atoms with Crippen LogP contribution in [0.3, 0.4) is 0 Å². The van der Waals surface area contributed by atoms with E-state index in [-0.39, 0.29) is 0 Å². The summed E-state index contributed by atoms with van der Waals surface area (Å²) in [5, 5.41) is 13.6. The highest BCUT2D eigenvalue weighted by Crippen LogP contribution is 2.37. The molecule has 5 heteroatoms. The first-order valence-corrected chi connectivity index (χ1v) is 22.3. The van der Waals surface area contributed by atoms with Crippen LogP contribution in [0.1, 0.15) is 22.3 Å². The summed E-state index contributed by atoms with van der Waals surface area (Å²) < 4.78 is 6.24. The van der Waals surface area contributed by atoms with E-state index in [1.54, 1.807) is 0 Å². The van der Waals surface area contributed by atoms with Crippen LogP contribution in [0.4, 0.5) is 34.1 Å². The molecule has 0 amide bonds. The first-order chi connectivity index (χ1) is 32.7. The summed E-state index contributed by atoms with van der Waals surface area (Å²) in [6, 6.07) is 85.2. The Labute approximate surface area is 384 Å². The van der Waals surface area contributed by atoms with Crippen molar-refractivity contribution in [3.63, 3.8) is 0 Å². The lowest BCUT2D eigenvalue weighted by molar-refractivity contribution is 0.584. The number of anilines is 6. The highest BCUT2D eigenvalue weighted by Gasteiger charge is 2.16. The Hall–Kier alpha value is -8.80. The summed E-state index contributed by atoms with van der Waals surface area (Å²) in [6.45, 7) is 0. The van der Waals surface area contributed by atoms with E-state index in [0.29, 0.717) is 11.8 Å². The molecule has 5 nitrogen and oxygen atoms in total. The van der Waals surface area contributed by atoms with Crippen molar-refractivity contribution in [2.24, 2.45) is 0 Å². The molecule has 0 bridgehead atoms. The smallest absolute Gasteiger partial charge is 0.248 e. The predicted molar refractivity (Wildman–Crippen MR) is 274 cm³/mol. The van der Waals surface area contributed by atoms with E-state index in [1.165, 1.54) is 21.9 Å². The summed E-state index contributed by atoms with van der Waals surface area (Å²) in [4.78, 5) is 4.52. The quantitative estimate of drug-likeness (QED) is 0.115. The summed E-state index contributed by atoms with van der Waals surface area (Å²) >= 11 is 0. The number of fused-ring (bicyclic) bond motifs is 2. The lowest BCUT2D eigenvalue weighted by atomic mass is 9.99. The van der Waals surface area contributed by atoms with Crippen molar-refractivity contribution < 1.29 is 4.42 Å². The van der Waals surface area contributed by atoms with Crippen LogP contribution in [0.2, 0.25) is 0 Å². The average molecular weight is 849 g/mol. The molecule has 0 saturated heterocycles. The van der Waals surface area contributed by atoms with Gasteiger partial charge in [-0.1, -0.05) is 146 Å². The molecular weight excluding hydrogens is 805 g/mol. The molecule has 0 fully saturated rings. The van der Waals surface area contributed by atoms with Gasteiger partial charge in [0.05, 0.1) is 0 Å². The largest absolute Gasteiger partial charge is 0.416 e. The second kappa shape index (κ2) is 18.1. The zero-order chi connectivity index (χ0) is 44.1. The monoisotopic (exact) mass is 848 g/mol. The molecule has 11 rings (SSSR count). The van der Waals surface area contributed by atoms with Gasteiger partial charge in [-0.2, -0.15) is 0 Å². The molecule has 1 aromatic heterocycles. The molecule has 0 aliphatic heterocycles. The van der Waals surface area contributed by atoms with Crippen molar-refractivity contribution in [2.45, 2.75) is 6.42 Å². The first-order valence-electron chi connectivity index (χ1n) is 22.3. The van der Waals surface area contributed by atoms with E-state index in [9.17, 15) is 0 Å². The van der Waals surface area contributed by atoms with Crippen molar-refractivity contribution >= 4 is 67.8 Å². The predicted octanol–water partition coefficient (Wildman–Crippen LogP) is 16.4. The topological polar surface area (TPSA) is 45.4 Å². The maximum absolute atomic E-state index is 6.24. The molecular formula is C61H44N4O. The van der Waals surface area contributed by atoms with E-state index in [4.69, 9.17) is 4.42 Å². The van der Waals surface area contributed by atoms with Crippen LogP contribution >= 0.6 is 0 Å². The van der Waals surface area contributed by atoms with Gasteiger partial charge in [0.2, 0.25) is 11.8 Å². The molecule has 0 radical (unpaired) electrons. The Bertz CT molecular complexity index is 3340. The summed E-state index contributed by atoms with van der Waals surface area (Å²) in [7, 11) is 0.